The molecule has 0 bridgehead atoms. The summed E-state index contributed by atoms with van der Waals surface area (Å²) in [5.74, 6) is 2.44. The Morgan fingerprint density at radius 3 is 3.19 bits per heavy atom. The Labute approximate surface area is 131 Å². The molecule has 0 aromatic heterocycles. The fourth-order valence-corrected chi connectivity index (χ4v) is 5.51. The van der Waals surface area contributed by atoms with Crippen LogP contribution in [-0.2, 0) is 11.2 Å². The molecule has 3 aliphatic rings. The van der Waals surface area contributed by atoms with E-state index in [-0.39, 0.29) is 5.60 Å². The van der Waals surface area contributed by atoms with Gasteiger partial charge in [0, 0.05) is 36.3 Å². The highest BCUT2D eigenvalue weighted by atomic mass is 32.2. The number of benzene rings is 1. The van der Waals surface area contributed by atoms with Gasteiger partial charge in [-0.05, 0) is 55.6 Å². The number of hydrogen-bond donors (Lipinski definition) is 1. The maximum atomic E-state index is 6.19. The monoisotopic (exact) mass is 304 g/mol. The molecule has 2 saturated heterocycles. The molecule has 21 heavy (non-hydrogen) atoms. The van der Waals surface area contributed by atoms with Gasteiger partial charge in [-0.25, -0.2) is 0 Å². The zero-order chi connectivity index (χ0) is 14.3. The van der Waals surface area contributed by atoms with Crippen molar-refractivity contribution in [2.24, 2.45) is 0 Å². The molecular formula is C17H24N2OS. The summed E-state index contributed by atoms with van der Waals surface area (Å²) in [5, 5.41) is 0. The highest BCUT2D eigenvalue weighted by molar-refractivity contribution is 7.99. The summed E-state index contributed by atoms with van der Waals surface area (Å²) in [6.07, 6.45) is 6.02. The first-order valence-corrected chi connectivity index (χ1v) is 9.28. The van der Waals surface area contributed by atoms with Gasteiger partial charge >= 0.3 is 0 Å². The zero-order valence-corrected chi connectivity index (χ0v) is 13.3. The first-order valence-electron chi connectivity index (χ1n) is 8.13. The Balaban J connectivity index is 1.61. The van der Waals surface area contributed by atoms with Gasteiger partial charge in [0.2, 0.25) is 0 Å². The molecule has 0 saturated carbocycles. The number of thioether (sulfide) groups is 1. The maximum absolute atomic E-state index is 6.19. The van der Waals surface area contributed by atoms with Gasteiger partial charge in [0.25, 0.3) is 0 Å². The van der Waals surface area contributed by atoms with Crippen molar-refractivity contribution in [1.82, 2.24) is 0 Å². The molecule has 4 heteroatoms. The Morgan fingerprint density at radius 1 is 1.38 bits per heavy atom. The lowest BCUT2D eigenvalue weighted by molar-refractivity contribution is -0.0664. The second kappa shape index (κ2) is 5.40. The number of nitrogens with zero attached hydrogens (tertiary/aromatic N) is 1. The molecule has 3 aliphatic heterocycles. The average Bonchev–Trinajstić information content (AvgIpc) is 2.94. The number of hydrogen-bond acceptors (Lipinski definition) is 4. The van der Waals surface area contributed by atoms with Crippen LogP contribution in [0.2, 0.25) is 0 Å². The average molecular weight is 304 g/mol. The molecule has 1 spiro atoms. The first-order chi connectivity index (χ1) is 10.3. The van der Waals surface area contributed by atoms with Gasteiger partial charge in [0.1, 0.15) is 0 Å². The first kappa shape index (κ1) is 13.8. The van der Waals surface area contributed by atoms with E-state index in [0.29, 0.717) is 6.04 Å². The highest BCUT2D eigenvalue weighted by Gasteiger charge is 2.42. The fraction of sp³-hybridized carbons (Fsp3) is 0.647. The molecular weight excluding hydrogens is 280 g/mol. The van der Waals surface area contributed by atoms with Crippen molar-refractivity contribution >= 4 is 23.1 Å². The Hall–Kier alpha value is -0.870. The standard InChI is InChI=1S/C17H24N2OS/c18-14-4-3-13-2-1-7-19(16(13)10-14)15-5-8-20-17(11-15)6-9-21-12-17/h3-4,10,15H,1-2,5-9,11-12,18H2. The molecule has 2 atom stereocenters. The van der Waals surface area contributed by atoms with Crippen LogP contribution in [0.4, 0.5) is 11.4 Å². The number of rotatable bonds is 1. The summed E-state index contributed by atoms with van der Waals surface area (Å²) >= 11 is 2.05. The minimum Gasteiger partial charge on any atom is -0.399 e. The number of nitrogen functional groups attached to an aromatic ring is 1. The summed E-state index contributed by atoms with van der Waals surface area (Å²) in [5.41, 5.74) is 9.93. The normalized spacial score (nSPS) is 32.4. The number of fused-ring (bicyclic) bond motifs is 1. The van der Waals surface area contributed by atoms with E-state index in [2.05, 4.69) is 28.8 Å². The van der Waals surface area contributed by atoms with Crippen molar-refractivity contribution in [2.75, 3.05) is 35.3 Å². The maximum Gasteiger partial charge on any atom is 0.0799 e. The van der Waals surface area contributed by atoms with E-state index in [1.54, 1.807) is 0 Å². The third-order valence-corrected chi connectivity index (χ3v) is 6.46. The minimum atomic E-state index is 0.158. The lowest BCUT2D eigenvalue weighted by Crippen LogP contribution is -2.50. The highest BCUT2D eigenvalue weighted by Crippen LogP contribution is 2.42. The largest absolute Gasteiger partial charge is 0.399 e. The van der Waals surface area contributed by atoms with Crippen molar-refractivity contribution in [1.29, 1.82) is 0 Å². The molecule has 4 rings (SSSR count). The second-order valence-electron chi connectivity index (χ2n) is 6.67. The van der Waals surface area contributed by atoms with Crippen LogP contribution in [0, 0.1) is 0 Å². The van der Waals surface area contributed by atoms with Crippen LogP contribution in [0.15, 0.2) is 18.2 Å². The van der Waals surface area contributed by atoms with Gasteiger partial charge in [-0.1, -0.05) is 6.07 Å². The molecule has 0 amide bonds. The van der Waals surface area contributed by atoms with E-state index in [1.165, 1.54) is 55.0 Å². The third kappa shape index (κ3) is 2.53. The lowest BCUT2D eigenvalue weighted by Gasteiger charge is -2.45. The topological polar surface area (TPSA) is 38.5 Å². The van der Waals surface area contributed by atoms with E-state index in [0.717, 1.165) is 18.7 Å². The molecule has 0 radical (unpaired) electrons. The van der Waals surface area contributed by atoms with E-state index < -0.39 is 0 Å². The van der Waals surface area contributed by atoms with Gasteiger partial charge in [0.15, 0.2) is 0 Å². The van der Waals surface area contributed by atoms with Crippen LogP contribution >= 0.6 is 11.8 Å². The van der Waals surface area contributed by atoms with E-state index in [9.17, 15) is 0 Å². The van der Waals surface area contributed by atoms with Crippen molar-refractivity contribution in [2.45, 2.75) is 43.7 Å². The van der Waals surface area contributed by atoms with Crippen LogP contribution in [0.5, 0.6) is 0 Å². The van der Waals surface area contributed by atoms with Gasteiger partial charge in [0.05, 0.1) is 5.60 Å². The summed E-state index contributed by atoms with van der Waals surface area (Å²) in [6.45, 7) is 2.09. The zero-order valence-electron chi connectivity index (χ0n) is 12.5. The molecule has 3 heterocycles. The number of anilines is 2. The van der Waals surface area contributed by atoms with Crippen LogP contribution in [0.1, 0.15) is 31.2 Å². The van der Waals surface area contributed by atoms with Crippen LogP contribution in [0.3, 0.4) is 0 Å². The Bertz CT molecular complexity index is 528. The predicted molar refractivity (Wildman–Crippen MR) is 90.2 cm³/mol. The molecule has 3 nitrogen and oxygen atoms in total. The summed E-state index contributed by atoms with van der Waals surface area (Å²) in [4.78, 5) is 2.63. The van der Waals surface area contributed by atoms with Crippen molar-refractivity contribution in [3.63, 3.8) is 0 Å². The Morgan fingerprint density at radius 2 is 2.33 bits per heavy atom. The van der Waals surface area contributed by atoms with Crippen LogP contribution in [0.25, 0.3) is 0 Å². The van der Waals surface area contributed by atoms with E-state index in [4.69, 9.17) is 10.5 Å². The van der Waals surface area contributed by atoms with Crippen molar-refractivity contribution in [3.8, 4) is 0 Å². The van der Waals surface area contributed by atoms with Gasteiger partial charge in [-0.3, -0.25) is 0 Å². The minimum absolute atomic E-state index is 0.158. The van der Waals surface area contributed by atoms with E-state index >= 15 is 0 Å². The number of nitrogens with two attached hydrogens (primary N) is 1. The fourth-order valence-electron chi connectivity index (χ4n) is 4.13. The van der Waals surface area contributed by atoms with Crippen molar-refractivity contribution < 1.29 is 4.74 Å². The molecule has 2 unspecified atom stereocenters. The molecule has 2 N–H and O–H groups in total. The Kier molecular flexibility index (Phi) is 3.54. The van der Waals surface area contributed by atoms with E-state index in [1.807, 2.05) is 6.07 Å². The number of aryl methyl sites for hydroxylation is 1. The lowest BCUT2D eigenvalue weighted by atomic mass is 9.87. The SMILES string of the molecule is Nc1ccc2c(c1)N(C1CCOC3(CCSC3)C1)CCC2. The molecule has 2 fully saturated rings. The molecule has 1 aromatic carbocycles. The van der Waals surface area contributed by atoms with Crippen molar-refractivity contribution in [3.05, 3.63) is 23.8 Å². The van der Waals surface area contributed by atoms with Gasteiger partial charge in [-0.15, -0.1) is 0 Å². The number of ether oxygens (including phenoxy) is 1. The summed E-state index contributed by atoms with van der Waals surface area (Å²) in [7, 11) is 0. The van der Waals surface area contributed by atoms with Crippen LogP contribution < -0.4 is 10.6 Å². The summed E-state index contributed by atoms with van der Waals surface area (Å²) in [6, 6.07) is 7.07. The van der Waals surface area contributed by atoms with Gasteiger partial charge in [-0.2, -0.15) is 11.8 Å². The third-order valence-electron chi connectivity index (χ3n) is 5.24. The molecule has 0 aliphatic carbocycles. The van der Waals surface area contributed by atoms with Crippen LogP contribution in [-0.4, -0.2) is 36.3 Å². The summed E-state index contributed by atoms with van der Waals surface area (Å²) < 4.78 is 6.19. The second-order valence-corrected chi connectivity index (χ2v) is 7.77. The van der Waals surface area contributed by atoms with Gasteiger partial charge < -0.3 is 15.4 Å². The molecule has 1 aromatic rings. The smallest absolute Gasteiger partial charge is 0.0799 e. The quantitative estimate of drug-likeness (QED) is 0.809. The predicted octanol–water partition coefficient (Wildman–Crippen LogP) is 3.08. The molecule has 114 valence electrons.